The van der Waals surface area contributed by atoms with E-state index in [1.807, 2.05) is 30.3 Å². The topological polar surface area (TPSA) is 48.1 Å². The van der Waals surface area contributed by atoms with Gasteiger partial charge in [0.25, 0.3) is 0 Å². The summed E-state index contributed by atoms with van der Waals surface area (Å²) in [5.74, 6) is 0.933. The van der Waals surface area contributed by atoms with E-state index in [4.69, 9.17) is 10.5 Å². The van der Waals surface area contributed by atoms with E-state index in [2.05, 4.69) is 24.0 Å². The van der Waals surface area contributed by atoms with E-state index < -0.39 is 0 Å². The maximum atomic E-state index is 6.30. The molecule has 3 heteroatoms. The molecule has 18 heavy (non-hydrogen) atoms. The molecule has 0 aliphatic rings. The van der Waals surface area contributed by atoms with Crippen LogP contribution in [0.5, 0.6) is 5.75 Å². The lowest BCUT2D eigenvalue weighted by Gasteiger charge is -2.21. The molecule has 1 aromatic heterocycles. The first-order valence-electron chi connectivity index (χ1n) is 6.03. The number of benzene rings is 1. The van der Waals surface area contributed by atoms with Gasteiger partial charge in [0.1, 0.15) is 5.75 Å². The normalized spacial score (nSPS) is 13.9. The van der Waals surface area contributed by atoms with Crippen molar-refractivity contribution in [1.82, 2.24) is 4.98 Å². The highest BCUT2D eigenvalue weighted by Gasteiger charge is 2.20. The third-order valence-electron chi connectivity index (χ3n) is 3.20. The predicted octanol–water partition coefficient (Wildman–Crippen LogP) is 2.89. The monoisotopic (exact) mass is 242 g/mol. The van der Waals surface area contributed by atoms with Gasteiger partial charge in [0.15, 0.2) is 0 Å². The Morgan fingerprint density at radius 3 is 2.50 bits per heavy atom. The molecule has 0 aliphatic heterocycles. The van der Waals surface area contributed by atoms with Gasteiger partial charge in [0.05, 0.1) is 18.8 Å². The molecule has 0 saturated heterocycles. The molecule has 0 spiro atoms. The van der Waals surface area contributed by atoms with Crippen molar-refractivity contribution in [2.45, 2.75) is 18.9 Å². The lowest BCUT2D eigenvalue weighted by molar-refractivity contribution is 0.397. The van der Waals surface area contributed by atoms with E-state index in [1.165, 1.54) is 5.56 Å². The minimum atomic E-state index is -0.177. The summed E-state index contributed by atoms with van der Waals surface area (Å²) in [5, 5.41) is 0. The zero-order chi connectivity index (χ0) is 13.0. The fourth-order valence-corrected chi connectivity index (χ4v) is 2.03. The second kappa shape index (κ2) is 5.65. The number of pyridine rings is 1. The molecule has 2 atom stereocenters. The van der Waals surface area contributed by atoms with Crippen molar-refractivity contribution in [2.24, 2.45) is 5.73 Å². The Balaban J connectivity index is 2.28. The van der Waals surface area contributed by atoms with Crippen molar-refractivity contribution in [3.8, 4) is 5.75 Å². The zero-order valence-electron chi connectivity index (χ0n) is 10.7. The molecule has 2 aromatic rings. The number of rotatable bonds is 4. The van der Waals surface area contributed by atoms with Gasteiger partial charge in [0.2, 0.25) is 0 Å². The number of nitrogens with two attached hydrogens (primary N) is 1. The zero-order valence-corrected chi connectivity index (χ0v) is 10.7. The SMILES string of the molecule is COc1cccnc1C(N)C(C)c1ccccc1. The number of aromatic nitrogens is 1. The van der Waals surface area contributed by atoms with Gasteiger partial charge in [0, 0.05) is 12.1 Å². The Morgan fingerprint density at radius 2 is 1.83 bits per heavy atom. The molecule has 0 radical (unpaired) electrons. The van der Waals surface area contributed by atoms with Crippen LogP contribution in [0, 0.1) is 0 Å². The van der Waals surface area contributed by atoms with Gasteiger partial charge < -0.3 is 10.5 Å². The molecule has 2 unspecified atom stereocenters. The van der Waals surface area contributed by atoms with E-state index in [1.54, 1.807) is 13.3 Å². The van der Waals surface area contributed by atoms with Crippen LogP contribution in [0.4, 0.5) is 0 Å². The summed E-state index contributed by atoms with van der Waals surface area (Å²) < 4.78 is 5.31. The van der Waals surface area contributed by atoms with E-state index >= 15 is 0 Å². The van der Waals surface area contributed by atoms with E-state index in [0.29, 0.717) is 0 Å². The number of hydrogen-bond acceptors (Lipinski definition) is 3. The van der Waals surface area contributed by atoms with E-state index in [9.17, 15) is 0 Å². The van der Waals surface area contributed by atoms with Crippen molar-refractivity contribution in [1.29, 1.82) is 0 Å². The summed E-state index contributed by atoms with van der Waals surface area (Å²) in [4.78, 5) is 4.35. The van der Waals surface area contributed by atoms with Crippen LogP contribution in [0.2, 0.25) is 0 Å². The first kappa shape index (κ1) is 12.6. The molecule has 0 bridgehead atoms. The maximum Gasteiger partial charge on any atom is 0.141 e. The Morgan fingerprint density at radius 1 is 1.11 bits per heavy atom. The van der Waals surface area contributed by atoms with Gasteiger partial charge in [-0.1, -0.05) is 37.3 Å². The van der Waals surface area contributed by atoms with Crippen LogP contribution >= 0.6 is 0 Å². The molecule has 2 rings (SSSR count). The van der Waals surface area contributed by atoms with Gasteiger partial charge in [-0.15, -0.1) is 0 Å². The molecule has 1 aromatic carbocycles. The minimum absolute atomic E-state index is 0.177. The van der Waals surface area contributed by atoms with Gasteiger partial charge in [-0.3, -0.25) is 4.98 Å². The number of hydrogen-bond donors (Lipinski definition) is 1. The second-order valence-electron chi connectivity index (χ2n) is 4.32. The van der Waals surface area contributed by atoms with Crippen molar-refractivity contribution in [3.05, 3.63) is 59.9 Å². The van der Waals surface area contributed by atoms with E-state index in [-0.39, 0.29) is 12.0 Å². The molecule has 3 nitrogen and oxygen atoms in total. The van der Waals surface area contributed by atoms with Crippen LogP contribution in [0.3, 0.4) is 0 Å². The third-order valence-corrected chi connectivity index (χ3v) is 3.20. The molecule has 1 heterocycles. The summed E-state index contributed by atoms with van der Waals surface area (Å²) in [6, 6.07) is 13.8. The Kier molecular flexibility index (Phi) is 3.95. The van der Waals surface area contributed by atoms with E-state index in [0.717, 1.165) is 11.4 Å². The number of methoxy groups -OCH3 is 1. The van der Waals surface area contributed by atoms with Crippen LogP contribution in [0.25, 0.3) is 0 Å². The molecule has 0 aliphatic carbocycles. The first-order chi connectivity index (χ1) is 8.74. The average molecular weight is 242 g/mol. The second-order valence-corrected chi connectivity index (χ2v) is 4.32. The highest BCUT2D eigenvalue weighted by atomic mass is 16.5. The fraction of sp³-hybridized carbons (Fsp3) is 0.267. The summed E-state index contributed by atoms with van der Waals surface area (Å²) in [6.07, 6.45) is 1.75. The van der Waals surface area contributed by atoms with Gasteiger partial charge >= 0.3 is 0 Å². The first-order valence-corrected chi connectivity index (χ1v) is 6.03. The summed E-state index contributed by atoms with van der Waals surface area (Å²) in [7, 11) is 1.64. The summed E-state index contributed by atoms with van der Waals surface area (Å²) in [6.45, 7) is 2.11. The minimum Gasteiger partial charge on any atom is -0.495 e. The molecular formula is C15H18N2O. The van der Waals surface area contributed by atoms with Crippen LogP contribution in [-0.2, 0) is 0 Å². The predicted molar refractivity (Wildman–Crippen MR) is 72.6 cm³/mol. The average Bonchev–Trinajstić information content (AvgIpc) is 2.46. The van der Waals surface area contributed by atoms with Crippen molar-refractivity contribution >= 4 is 0 Å². The van der Waals surface area contributed by atoms with Crippen molar-refractivity contribution in [3.63, 3.8) is 0 Å². The molecule has 0 saturated carbocycles. The van der Waals surface area contributed by atoms with Crippen LogP contribution in [0.1, 0.15) is 30.1 Å². The molecular weight excluding hydrogens is 224 g/mol. The molecule has 94 valence electrons. The number of ether oxygens (including phenoxy) is 1. The highest BCUT2D eigenvalue weighted by molar-refractivity contribution is 5.32. The maximum absolute atomic E-state index is 6.30. The summed E-state index contributed by atoms with van der Waals surface area (Å²) in [5.41, 5.74) is 8.31. The van der Waals surface area contributed by atoms with Gasteiger partial charge in [-0.05, 0) is 17.7 Å². The van der Waals surface area contributed by atoms with Gasteiger partial charge in [-0.25, -0.2) is 0 Å². The largest absolute Gasteiger partial charge is 0.495 e. The van der Waals surface area contributed by atoms with Crippen LogP contribution < -0.4 is 10.5 Å². The molecule has 0 amide bonds. The summed E-state index contributed by atoms with van der Waals surface area (Å²) >= 11 is 0. The van der Waals surface area contributed by atoms with Crippen LogP contribution in [-0.4, -0.2) is 12.1 Å². The smallest absolute Gasteiger partial charge is 0.141 e. The quantitative estimate of drug-likeness (QED) is 0.896. The van der Waals surface area contributed by atoms with Crippen molar-refractivity contribution < 1.29 is 4.74 Å². The standard InChI is InChI=1S/C15H18N2O/c1-11(12-7-4-3-5-8-12)14(16)15-13(18-2)9-6-10-17-15/h3-11,14H,16H2,1-2H3. The van der Waals surface area contributed by atoms with Gasteiger partial charge in [-0.2, -0.15) is 0 Å². The Hall–Kier alpha value is -1.87. The molecule has 2 N–H and O–H groups in total. The lowest BCUT2D eigenvalue weighted by atomic mass is 9.91. The fourth-order valence-electron chi connectivity index (χ4n) is 2.03. The Labute approximate surface area is 108 Å². The third kappa shape index (κ3) is 2.51. The highest BCUT2D eigenvalue weighted by Crippen LogP contribution is 2.31. The van der Waals surface area contributed by atoms with Crippen molar-refractivity contribution in [2.75, 3.05) is 7.11 Å². The lowest BCUT2D eigenvalue weighted by Crippen LogP contribution is -2.19. The Bertz CT molecular complexity index is 499. The van der Waals surface area contributed by atoms with Crippen LogP contribution in [0.15, 0.2) is 48.7 Å². The molecule has 0 fully saturated rings. The number of nitrogens with zero attached hydrogens (tertiary/aromatic N) is 1.